The van der Waals surface area contributed by atoms with Gasteiger partial charge in [0.15, 0.2) is 0 Å². The maximum absolute atomic E-state index is 9.95. The Labute approximate surface area is 55.6 Å². The van der Waals surface area contributed by atoms with Gasteiger partial charge >= 0.3 is 0 Å². The average Bonchev–Trinajstić information content (AvgIpc) is 1.91. The molecule has 1 saturated carbocycles. The fourth-order valence-corrected chi connectivity index (χ4v) is 1.19. The summed E-state index contributed by atoms with van der Waals surface area (Å²) in [6.07, 6.45) is 7.65. The van der Waals surface area contributed by atoms with Crippen molar-refractivity contribution in [1.82, 2.24) is 5.32 Å². The van der Waals surface area contributed by atoms with E-state index in [1.807, 2.05) is 0 Å². The first-order valence-electron chi connectivity index (χ1n) is 3.45. The molecule has 0 aromatic heterocycles. The van der Waals surface area contributed by atoms with Crippen LogP contribution in [0.1, 0.15) is 25.7 Å². The van der Waals surface area contributed by atoms with Gasteiger partial charge in [0.05, 0.1) is 0 Å². The van der Waals surface area contributed by atoms with Gasteiger partial charge < -0.3 is 5.32 Å². The fourth-order valence-electron chi connectivity index (χ4n) is 1.19. The maximum Gasteiger partial charge on any atom is 0.207 e. The molecule has 0 aromatic rings. The monoisotopic (exact) mass is 126 g/mol. The topological polar surface area (TPSA) is 29.1 Å². The number of hydrogen-bond donors (Lipinski definition) is 1. The highest BCUT2D eigenvalue weighted by Crippen LogP contribution is 2.15. The van der Waals surface area contributed by atoms with Gasteiger partial charge in [-0.15, -0.1) is 0 Å². The number of hydrogen-bond acceptors (Lipinski definition) is 1. The van der Waals surface area contributed by atoms with Gasteiger partial charge in [-0.2, -0.15) is 0 Å². The molecule has 1 aliphatic rings. The second-order valence-corrected chi connectivity index (χ2v) is 2.42. The molecule has 51 valence electrons. The maximum atomic E-state index is 9.95. The average molecular weight is 126 g/mol. The van der Waals surface area contributed by atoms with Crippen molar-refractivity contribution < 1.29 is 4.79 Å². The highest BCUT2D eigenvalue weighted by Gasteiger charge is 2.10. The van der Waals surface area contributed by atoms with Crippen molar-refractivity contribution in [3.8, 4) is 0 Å². The zero-order chi connectivity index (χ0) is 6.53. The summed E-state index contributed by atoms with van der Waals surface area (Å²) in [5, 5.41) is 2.78. The van der Waals surface area contributed by atoms with Crippen LogP contribution in [0.4, 0.5) is 0 Å². The van der Waals surface area contributed by atoms with E-state index in [9.17, 15) is 4.79 Å². The summed E-state index contributed by atoms with van der Waals surface area (Å²) >= 11 is 0. The molecular weight excluding hydrogens is 114 g/mol. The van der Waals surface area contributed by atoms with Crippen LogP contribution in [0.5, 0.6) is 0 Å². The summed E-state index contributed by atoms with van der Waals surface area (Å²) in [5.74, 6) is 0. The quantitative estimate of drug-likeness (QED) is 0.547. The van der Waals surface area contributed by atoms with Crippen molar-refractivity contribution >= 4 is 6.41 Å². The zero-order valence-corrected chi connectivity index (χ0v) is 5.47. The Bertz CT molecular complexity index is 86.9. The Morgan fingerprint density at radius 1 is 1.44 bits per heavy atom. The Balaban J connectivity index is 2.15. The van der Waals surface area contributed by atoms with Crippen LogP contribution in [0, 0.1) is 6.42 Å². The number of nitrogens with one attached hydrogen (secondary N) is 1. The van der Waals surface area contributed by atoms with Crippen LogP contribution in [0.2, 0.25) is 0 Å². The van der Waals surface area contributed by atoms with Crippen LogP contribution in [0.15, 0.2) is 0 Å². The SMILES string of the molecule is O=CNC1CC[CH]CC1. The van der Waals surface area contributed by atoms with Crippen molar-refractivity contribution in [2.24, 2.45) is 0 Å². The van der Waals surface area contributed by atoms with Crippen LogP contribution >= 0.6 is 0 Å². The lowest BCUT2D eigenvalue weighted by atomic mass is 9.96. The van der Waals surface area contributed by atoms with Crippen molar-refractivity contribution in [1.29, 1.82) is 0 Å². The first kappa shape index (κ1) is 6.59. The van der Waals surface area contributed by atoms with Gasteiger partial charge in [-0.25, -0.2) is 0 Å². The standard InChI is InChI=1S/C7H12NO/c9-6-8-7-4-2-1-3-5-7/h1,6-7H,2-5H2,(H,8,9). The van der Waals surface area contributed by atoms with Crippen molar-refractivity contribution in [3.63, 3.8) is 0 Å². The summed E-state index contributed by atoms with van der Waals surface area (Å²) < 4.78 is 0. The second kappa shape index (κ2) is 3.49. The summed E-state index contributed by atoms with van der Waals surface area (Å²) in [4.78, 5) is 9.95. The summed E-state index contributed by atoms with van der Waals surface area (Å²) in [7, 11) is 0. The van der Waals surface area contributed by atoms with E-state index >= 15 is 0 Å². The van der Waals surface area contributed by atoms with Gasteiger partial charge in [0, 0.05) is 6.04 Å². The second-order valence-electron chi connectivity index (χ2n) is 2.42. The minimum atomic E-state index is 0.451. The van der Waals surface area contributed by atoms with Gasteiger partial charge in [0.25, 0.3) is 0 Å². The molecule has 1 N–H and O–H groups in total. The normalized spacial score (nSPS) is 21.3. The smallest absolute Gasteiger partial charge is 0.207 e. The van der Waals surface area contributed by atoms with E-state index in [1.165, 1.54) is 0 Å². The number of amides is 1. The van der Waals surface area contributed by atoms with Crippen LogP contribution < -0.4 is 5.32 Å². The van der Waals surface area contributed by atoms with Crippen LogP contribution in [-0.2, 0) is 4.79 Å². The van der Waals surface area contributed by atoms with E-state index in [-0.39, 0.29) is 0 Å². The third kappa shape index (κ3) is 2.04. The molecule has 1 aliphatic carbocycles. The largest absolute Gasteiger partial charge is 0.356 e. The molecule has 0 aliphatic heterocycles. The first-order valence-corrected chi connectivity index (χ1v) is 3.45. The van der Waals surface area contributed by atoms with Crippen molar-refractivity contribution in [3.05, 3.63) is 6.42 Å². The number of carbonyl (C=O) groups excluding carboxylic acids is 1. The Morgan fingerprint density at radius 3 is 2.67 bits per heavy atom. The molecule has 0 spiro atoms. The highest BCUT2D eigenvalue weighted by molar-refractivity contribution is 5.46. The third-order valence-corrected chi connectivity index (χ3v) is 1.74. The van der Waals surface area contributed by atoms with Gasteiger partial charge in [0.1, 0.15) is 0 Å². The summed E-state index contributed by atoms with van der Waals surface area (Å²) in [5.41, 5.74) is 0. The molecule has 1 amide bonds. The predicted molar refractivity (Wildman–Crippen MR) is 35.8 cm³/mol. The fraction of sp³-hybridized carbons (Fsp3) is 0.714. The molecule has 9 heavy (non-hydrogen) atoms. The third-order valence-electron chi connectivity index (χ3n) is 1.74. The van der Waals surface area contributed by atoms with Crippen LogP contribution in [0.3, 0.4) is 0 Å². The lowest BCUT2D eigenvalue weighted by molar-refractivity contribution is -0.110. The van der Waals surface area contributed by atoms with Gasteiger partial charge in [-0.05, 0) is 32.1 Å². The molecule has 1 fully saturated rings. The molecule has 0 heterocycles. The van der Waals surface area contributed by atoms with E-state index < -0.39 is 0 Å². The molecule has 0 unspecified atom stereocenters. The van der Waals surface area contributed by atoms with E-state index in [4.69, 9.17) is 0 Å². The Hall–Kier alpha value is -0.530. The van der Waals surface area contributed by atoms with Crippen LogP contribution in [-0.4, -0.2) is 12.5 Å². The van der Waals surface area contributed by atoms with Gasteiger partial charge in [0.2, 0.25) is 6.41 Å². The van der Waals surface area contributed by atoms with E-state index in [2.05, 4.69) is 11.7 Å². The molecule has 0 atom stereocenters. The minimum absolute atomic E-state index is 0.451. The van der Waals surface area contributed by atoms with Crippen molar-refractivity contribution in [2.75, 3.05) is 0 Å². The van der Waals surface area contributed by atoms with Crippen LogP contribution in [0.25, 0.3) is 0 Å². The lowest BCUT2D eigenvalue weighted by Gasteiger charge is -2.19. The van der Waals surface area contributed by atoms with E-state index in [0.717, 1.165) is 32.1 Å². The highest BCUT2D eigenvalue weighted by atomic mass is 16.1. The molecule has 2 nitrogen and oxygen atoms in total. The molecule has 0 bridgehead atoms. The predicted octanol–water partition coefficient (Wildman–Crippen LogP) is 0.879. The van der Waals surface area contributed by atoms with Gasteiger partial charge in [-0.3, -0.25) is 4.79 Å². The molecule has 2 heteroatoms. The molecule has 0 aromatic carbocycles. The molecular formula is C7H12NO. The lowest BCUT2D eigenvalue weighted by Crippen LogP contribution is -2.29. The summed E-state index contributed by atoms with van der Waals surface area (Å²) in [6, 6.07) is 0.451. The first-order chi connectivity index (χ1) is 4.43. The molecule has 1 rings (SSSR count). The van der Waals surface area contributed by atoms with Crippen molar-refractivity contribution in [2.45, 2.75) is 31.7 Å². The molecule has 0 saturated heterocycles. The summed E-state index contributed by atoms with van der Waals surface area (Å²) in [6.45, 7) is 0. The van der Waals surface area contributed by atoms with E-state index in [1.54, 1.807) is 0 Å². The Kier molecular flexibility index (Phi) is 2.55. The zero-order valence-electron chi connectivity index (χ0n) is 5.47. The van der Waals surface area contributed by atoms with Gasteiger partial charge in [-0.1, -0.05) is 0 Å². The van der Waals surface area contributed by atoms with E-state index in [0.29, 0.717) is 6.04 Å². The minimum Gasteiger partial charge on any atom is -0.356 e. The number of rotatable bonds is 2. The number of carbonyl (C=O) groups is 1. The Morgan fingerprint density at radius 2 is 2.11 bits per heavy atom. The molecule has 1 radical (unpaired) electrons.